The molecule has 0 unspecified atom stereocenters. The van der Waals surface area contributed by atoms with Crippen molar-refractivity contribution in [2.75, 3.05) is 13.7 Å². The maximum absolute atomic E-state index is 13.2. The minimum Gasteiger partial charge on any atom is -0.392 e. The zero-order valence-corrected chi connectivity index (χ0v) is 11.9. The maximum atomic E-state index is 13.2. The van der Waals surface area contributed by atoms with E-state index in [-0.39, 0.29) is 17.1 Å². The first kappa shape index (κ1) is 16.0. The molecule has 0 spiro atoms. The minimum absolute atomic E-state index is 0.0626. The largest absolute Gasteiger partial charge is 0.392 e. The molecule has 7 heteroatoms. The third-order valence-corrected chi connectivity index (χ3v) is 4.11. The molecule has 0 amide bonds. The van der Waals surface area contributed by atoms with Crippen LogP contribution in [0.3, 0.4) is 0 Å². The monoisotopic (exact) mass is 291 g/mol. The molecule has 0 saturated carbocycles. The van der Waals surface area contributed by atoms with Crippen molar-refractivity contribution in [2.24, 2.45) is 0 Å². The van der Waals surface area contributed by atoms with Crippen LogP contribution in [0, 0.1) is 5.82 Å². The van der Waals surface area contributed by atoms with E-state index in [4.69, 9.17) is 9.84 Å². The average Bonchev–Trinajstić information content (AvgIpc) is 2.27. The Morgan fingerprint density at radius 1 is 1.42 bits per heavy atom. The number of methoxy groups -OCH3 is 1. The quantitative estimate of drug-likeness (QED) is 0.820. The Bertz CT molecular complexity index is 543. The molecule has 0 bridgehead atoms. The molecule has 0 radical (unpaired) electrons. The van der Waals surface area contributed by atoms with E-state index in [1.807, 2.05) is 0 Å². The number of nitrogens with one attached hydrogen (secondary N) is 1. The normalized spacial score (nSPS) is 12.7. The fourth-order valence-electron chi connectivity index (χ4n) is 1.65. The van der Waals surface area contributed by atoms with Gasteiger partial charge in [-0.2, -0.15) is 0 Å². The molecule has 0 aliphatic carbocycles. The molecule has 0 aliphatic heterocycles. The molecule has 2 N–H and O–H groups in total. The lowest BCUT2D eigenvalue weighted by Crippen LogP contribution is -2.46. The molecule has 0 aliphatic rings. The lowest BCUT2D eigenvalue weighted by atomic mass is 10.1. The maximum Gasteiger partial charge on any atom is 0.241 e. The Labute approximate surface area is 112 Å². The second kappa shape index (κ2) is 5.96. The Morgan fingerprint density at radius 3 is 2.58 bits per heavy atom. The summed E-state index contributed by atoms with van der Waals surface area (Å²) in [4.78, 5) is -0.0953. The molecule has 0 fully saturated rings. The molecule has 0 heterocycles. The Kier molecular flexibility index (Phi) is 5.03. The van der Waals surface area contributed by atoms with E-state index in [1.54, 1.807) is 13.8 Å². The number of aliphatic hydroxyl groups is 1. The van der Waals surface area contributed by atoms with Gasteiger partial charge in [0.1, 0.15) is 5.82 Å². The van der Waals surface area contributed by atoms with Gasteiger partial charge in [0.2, 0.25) is 10.0 Å². The molecule has 1 rings (SSSR count). The van der Waals surface area contributed by atoms with E-state index in [0.29, 0.717) is 0 Å². The van der Waals surface area contributed by atoms with Crippen LogP contribution in [0.5, 0.6) is 0 Å². The molecule has 19 heavy (non-hydrogen) atoms. The van der Waals surface area contributed by atoms with Crippen LogP contribution in [-0.2, 0) is 21.4 Å². The van der Waals surface area contributed by atoms with Crippen molar-refractivity contribution in [3.8, 4) is 0 Å². The number of hydrogen-bond donors (Lipinski definition) is 2. The number of ether oxygens (including phenoxy) is 1. The number of halogens is 1. The van der Waals surface area contributed by atoms with Gasteiger partial charge in [-0.1, -0.05) is 0 Å². The second-order valence-electron chi connectivity index (χ2n) is 4.83. The topological polar surface area (TPSA) is 75.6 Å². The van der Waals surface area contributed by atoms with Crippen LogP contribution in [0.4, 0.5) is 4.39 Å². The van der Waals surface area contributed by atoms with Crippen LogP contribution >= 0.6 is 0 Å². The van der Waals surface area contributed by atoms with E-state index in [0.717, 1.165) is 18.2 Å². The van der Waals surface area contributed by atoms with Crippen LogP contribution in [0.1, 0.15) is 19.4 Å². The summed E-state index contributed by atoms with van der Waals surface area (Å²) in [6.45, 7) is 2.98. The van der Waals surface area contributed by atoms with Crippen molar-refractivity contribution >= 4 is 10.0 Å². The van der Waals surface area contributed by atoms with Gasteiger partial charge in [-0.3, -0.25) is 0 Å². The lowest BCUT2D eigenvalue weighted by molar-refractivity contribution is 0.141. The number of benzene rings is 1. The van der Waals surface area contributed by atoms with Crippen molar-refractivity contribution in [1.29, 1.82) is 0 Å². The summed E-state index contributed by atoms with van der Waals surface area (Å²) >= 11 is 0. The SMILES string of the molecule is COCC(C)(C)NS(=O)(=O)c1ccc(F)c(CO)c1. The number of sulfonamides is 1. The summed E-state index contributed by atoms with van der Waals surface area (Å²) in [6, 6.07) is 3.28. The van der Waals surface area contributed by atoms with E-state index in [1.165, 1.54) is 7.11 Å². The van der Waals surface area contributed by atoms with Crippen molar-refractivity contribution in [2.45, 2.75) is 30.9 Å². The zero-order valence-electron chi connectivity index (χ0n) is 11.1. The van der Waals surface area contributed by atoms with Crippen molar-refractivity contribution in [3.05, 3.63) is 29.6 Å². The molecule has 0 atom stereocenters. The highest BCUT2D eigenvalue weighted by atomic mass is 32.2. The molecule has 1 aromatic carbocycles. The highest BCUT2D eigenvalue weighted by molar-refractivity contribution is 7.89. The van der Waals surface area contributed by atoms with Gasteiger partial charge in [0, 0.05) is 12.7 Å². The highest BCUT2D eigenvalue weighted by Gasteiger charge is 2.26. The van der Waals surface area contributed by atoms with Crippen LogP contribution in [0.25, 0.3) is 0 Å². The van der Waals surface area contributed by atoms with E-state index in [9.17, 15) is 12.8 Å². The minimum atomic E-state index is -3.80. The van der Waals surface area contributed by atoms with E-state index < -0.39 is 28.0 Å². The van der Waals surface area contributed by atoms with E-state index >= 15 is 0 Å². The molecule has 0 aromatic heterocycles. The Morgan fingerprint density at radius 2 is 2.05 bits per heavy atom. The average molecular weight is 291 g/mol. The van der Waals surface area contributed by atoms with Gasteiger partial charge in [-0.15, -0.1) is 0 Å². The highest BCUT2D eigenvalue weighted by Crippen LogP contribution is 2.17. The Hall–Kier alpha value is -1.02. The van der Waals surface area contributed by atoms with Gasteiger partial charge in [0.25, 0.3) is 0 Å². The van der Waals surface area contributed by atoms with Crippen LogP contribution in [0.15, 0.2) is 23.1 Å². The third kappa shape index (κ3) is 4.24. The van der Waals surface area contributed by atoms with Crippen molar-refractivity contribution in [3.63, 3.8) is 0 Å². The number of hydrogen-bond acceptors (Lipinski definition) is 4. The smallest absolute Gasteiger partial charge is 0.241 e. The fourth-order valence-corrected chi connectivity index (χ4v) is 3.10. The predicted molar refractivity (Wildman–Crippen MR) is 68.6 cm³/mol. The first-order valence-electron chi connectivity index (χ1n) is 5.64. The summed E-state index contributed by atoms with van der Waals surface area (Å²) in [7, 11) is -2.33. The van der Waals surface area contributed by atoms with Gasteiger partial charge >= 0.3 is 0 Å². The summed E-state index contributed by atoms with van der Waals surface area (Å²) in [5, 5.41) is 8.95. The summed E-state index contributed by atoms with van der Waals surface area (Å²) in [5.74, 6) is -0.641. The fraction of sp³-hybridized carbons (Fsp3) is 0.500. The van der Waals surface area contributed by atoms with Gasteiger partial charge in [-0.25, -0.2) is 17.5 Å². The van der Waals surface area contributed by atoms with Gasteiger partial charge < -0.3 is 9.84 Å². The first-order valence-corrected chi connectivity index (χ1v) is 7.12. The van der Waals surface area contributed by atoms with Crippen molar-refractivity contribution < 1.29 is 22.7 Å². The summed E-state index contributed by atoms with van der Waals surface area (Å²) < 4.78 is 44.9. The summed E-state index contributed by atoms with van der Waals surface area (Å²) in [6.07, 6.45) is 0. The third-order valence-electron chi connectivity index (χ3n) is 2.41. The van der Waals surface area contributed by atoms with Gasteiger partial charge in [-0.05, 0) is 32.0 Å². The standard InChI is InChI=1S/C12H18FNO4S/c1-12(2,8-18-3)14-19(16,17)10-4-5-11(13)9(6-10)7-15/h4-6,14-15H,7-8H2,1-3H3. The molecule has 0 saturated heterocycles. The lowest BCUT2D eigenvalue weighted by Gasteiger charge is -2.25. The Balaban J connectivity index is 3.07. The van der Waals surface area contributed by atoms with Crippen LogP contribution < -0.4 is 4.72 Å². The first-order chi connectivity index (χ1) is 8.72. The van der Waals surface area contributed by atoms with Crippen LogP contribution in [-0.4, -0.2) is 32.8 Å². The van der Waals surface area contributed by atoms with E-state index in [2.05, 4.69) is 4.72 Å². The number of rotatable bonds is 6. The molecule has 5 nitrogen and oxygen atoms in total. The van der Waals surface area contributed by atoms with Crippen molar-refractivity contribution in [1.82, 2.24) is 4.72 Å². The van der Waals surface area contributed by atoms with Crippen LogP contribution in [0.2, 0.25) is 0 Å². The van der Waals surface area contributed by atoms with Gasteiger partial charge in [0.15, 0.2) is 0 Å². The molecular formula is C12H18FNO4S. The van der Waals surface area contributed by atoms with Gasteiger partial charge in [0.05, 0.1) is 23.6 Å². The zero-order chi connectivity index (χ0) is 14.7. The second-order valence-corrected chi connectivity index (χ2v) is 6.52. The molecule has 1 aromatic rings. The predicted octanol–water partition coefficient (Wildman–Crippen LogP) is 1.02. The molecular weight excluding hydrogens is 273 g/mol. The number of aliphatic hydroxyl groups excluding tert-OH is 1. The molecule has 108 valence electrons. The summed E-state index contributed by atoms with van der Waals surface area (Å²) in [5.41, 5.74) is -0.853.